The summed E-state index contributed by atoms with van der Waals surface area (Å²) in [7, 11) is -3.92. The van der Waals surface area contributed by atoms with Crippen LogP contribution in [0, 0.1) is 11.7 Å². The number of nitrogens with one attached hydrogen (secondary N) is 1. The molecule has 1 atom stereocenters. The average molecular weight is 386 g/mol. The molecule has 0 radical (unpaired) electrons. The fraction of sp³-hybridized carbons (Fsp3) is 0.250. The quantitative estimate of drug-likeness (QED) is 0.706. The van der Waals surface area contributed by atoms with Gasteiger partial charge < -0.3 is 5.11 Å². The zero-order valence-corrected chi connectivity index (χ0v) is 15.2. The molecule has 7 heteroatoms. The molecule has 0 aliphatic heterocycles. The van der Waals surface area contributed by atoms with E-state index in [4.69, 9.17) is 0 Å². The van der Waals surface area contributed by atoms with Crippen LogP contribution < -0.4 is 4.72 Å². The first-order valence-electron chi connectivity index (χ1n) is 8.73. The van der Waals surface area contributed by atoms with E-state index in [0.29, 0.717) is 12.8 Å². The molecule has 0 saturated heterocycles. The van der Waals surface area contributed by atoms with Gasteiger partial charge in [-0.1, -0.05) is 24.3 Å². The van der Waals surface area contributed by atoms with Gasteiger partial charge in [0, 0.05) is 11.6 Å². The number of hydrogen-bond acceptors (Lipinski definition) is 4. The highest BCUT2D eigenvalue weighted by molar-refractivity contribution is 7.89. The first-order chi connectivity index (χ1) is 12.9. The molecule has 1 aromatic heterocycles. The van der Waals surface area contributed by atoms with Crippen molar-refractivity contribution in [3.63, 3.8) is 0 Å². The first-order valence-corrected chi connectivity index (χ1v) is 10.2. The molecule has 0 bridgehead atoms. The lowest BCUT2D eigenvalue weighted by Crippen LogP contribution is -2.41. The van der Waals surface area contributed by atoms with E-state index in [9.17, 15) is 17.9 Å². The van der Waals surface area contributed by atoms with Gasteiger partial charge in [0.2, 0.25) is 10.0 Å². The highest BCUT2D eigenvalue weighted by Crippen LogP contribution is 2.39. The second-order valence-electron chi connectivity index (χ2n) is 6.90. The molecule has 2 aromatic carbocycles. The molecule has 1 fully saturated rings. The summed E-state index contributed by atoms with van der Waals surface area (Å²) in [5, 5.41) is 10.6. The fourth-order valence-corrected chi connectivity index (χ4v) is 4.79. The maximum atomic E-state index is 13.5. The first kappa shape index (κ1) is 18.0. The minimum absolute atomic E-state index is 0.0497. The molecule has 140 valence electrons. The highest BCUT2D eigenvalue weighted by Gasteiger charge is 2.37. The summed E-state index contributed by atoms with van der Waals surface area (Å²) in [5.74, 6) is -0.660. The predicted molar refractivity (Wildman–Crippen MR) is 99.9 cm³/mol. The highest BCUT2D eigenvalue weighted by atomic mass is 32.2. The molecule has 3 aromatic rings. The third kappa shape index (κ3) is 3.71. The second kappa shape index (κ2) is 6.99. The summed E-state index contributed by atoms with van der Waals surface area (Å²) >= 11 is 0. The van der Waals surface area contributed by atoms with Crippen LogP contribution in [0.15, 0.2) is 65.7 Å². The zero-order chi connectivity index (χ0) is 19.0. The number of sulfonamides is 1. The zero-order valence-electron chi connectivity index (χ0n) is 14.4. The Balaban J connectivity index is 1.70. The lowest BCUT2D eigenvalue weighted by Gasteiger charge is -2.38. The fourth-order valence-electron chi connectivity index (χ4n) is 3.47. The van der Waals surface area contributed by atoms with Gasteiger partial charge in [-0.2, -0.15) is 0 Å². The van der Waals surface area contributed by atoms with Crippen LogP contribution in [0.25, 0.3) is 10.9 Å². The van der Waals surface area contributed by atoms with Crippen molar-refractivity contribution < 1.29 is 17.9 Å². The third-order valence-corrected chi connectivity index (χ3v) is 6.42. The van der Waals surface area contributed by atoms with E-state index >= 15 is 0 Å². The molecule has 2 N–H and O–H groups in total. The minimum Gasteiger partial charge on any atom is -0.393 e. The number of aromatic nitrogens is 1. The van der Waals surface area contributed by atoms with Gasteiger partial charge in [0.05, 0.1) is 22.6 Å². The van der Waals surface area contributed by atoms with Gasteiger partial charge in [0.25, 0.3) is 0 Å². The Morgan fingerprint density at radius 1 is 1.11 bits per heavy atom. The summed E-state index contributed by atoms with van der Waals surface area (Å²) in [6.45, 7) is 0. The number of nitrogens with zero attached hydrogens (tertiary/aromatic N) is 1. The number of aliphatic hydroxyl groups excluding tert-OH is 1. The molecule has 5 nitrogen and oxygen atoms in total. The maximum Gasteiger partial charge on any atom is 0.241 e. The maximum absolute atomic E-state index is 13.5. The van der Waals surface area contributed by atoms with Gasteiger partial charge in [-0.15, -0.1) is 0 Å². The van der Waals surface area contributed by atoms with Crippen LogP contribution in [-0.4, -0.2) is 24.6 Å². The van der Waals surface area contributed by atoms with Gasteiger partial charge in [-0.3, -0.25) is 4.98 Å². The number of pyridine rings is 1. The summed E-state index contributed by atoms with van der Waals surface area (Å²) in [6, 6.07) is 13.9. The van der Waals surface area contributed by atoms with Crippen molar-refractivity contribution in [2.24, 2.45) is 5.92 Å². The van der Waals surface area contributed by atoms with Crippen molar-refractivity contribution in [2.75, 3.05) is 0 Å². The number of halogens is 1. The third-order valence-electron chi connectivity index (χ3n) is 4.98. The number of para-hydroxylation sites is 1. The van der Waals surface area contributed by atoms with Crippen molar-refractivity contribution in [3.8, 4) is 0 Å². The molecule has 1 heterocycles. The van der Waals surface area contributed by atoms with Crippen LogP contribution in [0.1, 0.15) is 24.4 Å². The molecule has 0 amide bonds. The normalized spacial score (nSPS) is 21.0. The molecular weight excluding hydrogens is 367 g/mol. The number of aliphatic hydroxyl groups is 1. The van der Waals surface area contributed by atoms with Crippen molar-refractivity contribution >= 4 is 20.9 Å². The second-order valence-corrected chi connectivity index (χ2v) is 8.62. The molecule has 1 unspecified atom stereocenters. The van der Waals surface area contributed by atoms with Crippen molar-refractivity contribution in [2.45, 2.75) is 29.9 Å². The number of hydrogen-bond donors (Lipinski definition) is 2. The predicted octanol–water partition coefficient (Wildman–Crippen LogP) is 3.16. The molecule has 27 heavy (non-hydrogen) atoms. The Morgan fingerprint density at radius 3 is 2.63 bits per heavy atom. The van der Waals surface area contributed by atoms with Crippen LogP contribution >= 0.6 is 0 Å². The van der Waals surface area contributed by atoms with E-state index in [1.807, 2.05) is 30.3 Å². The smallest absolute Gasteiger partial charge is 0.241 e. The molecule has 1 aliphatic carbocycles. The molecule has 1 aliphatic rings. The van der Waals surface area contributed by atoms with Crippen molar-refractivity contribution in [1.29, 1.82) is 0 Å². The van der Waals surface area contributed by atoms with E-state index in [0.717, 1.165) is 22.5 Å². The molecule has 4 rings (SSSR count). The molecule has 0 spiro atoms. The van der Waals surface area contributed by atoms with E-state index in [-0.39, 0.29) is 10.8 Å². The van der Waals surface area contributed by atoms with Crippen LogP contribution in [0.2, 0.25) is 0 Å². The monoisotopic (exact) mass is 386 g/mol. The van der Waals surface area contributed by atoms with Crippen LogP contribution in [0.4, 0.5) is 4.39 Å². The lowest BCUT2D eigenvalue weighted by molar-refractivity contribution is 0.0280. The Bertz CT molecular complexity index is 1080. The van der Waals surface area contributed by atoms with Crippen LogP contribution in [-0.2, 0) is 10.0 Å². The Morgan fingerprint density at radius 2 is 1.89 bits per heavy atom. The largest absolute Gasteiger partial charge is 0.393 e. The summed E-state index contributed by atoms with van der Waals surface area (Å²) in [5.41, 5.74) is 1.55. The number of rotatable bonds is 5. The Kier molecular flexibility index (Phi) is 4.67. The Labute approximate surface area is 156 Å². The number of benzene rings is 2. The van der Waals surface area contributed by atoms with Crippen LogP contribution in [0.3, 0.4) is 0 Å². The van der Waals surface area contributed by atoms with Gasteiger partial charge in [-0.25, -0.2) is 17.5 Å². The Hall–Kier alpha value is -2.35. The standard InChI is InChI=1S/C20H19FN2O3S/c21-16-5-3-6-18(11-16)27(25,26)23-20(14-9-17(24)10-14)15-8-13-4-1-2-7-19(13)22-12-15/h1-8,11-12,14,17,20,23-24H,9-10H2. The summed E-state index contributed by atoms with van der Waals surface area (Å²) in [6.07, 6.45) is 2.24. The molecular formula is C20H19FN2O3S. The average Bonchev–Trinajstić information content (AvgIpc) is 2.63. The van der Waals surface area contributed by atoms with Crippen LogP contribution in [0.5, 0.6) is 0 Å². The van der Waals surface area contributed by atoms with E-state index < -0.39 is 28.0 Å². The van der Waals surface area contributed by atoms with Crippen molar-refractivity contribution in [3.05, 3.63) is 72.2 Å². The van der Waals surface area contributed by atoms with Gasteiger partial charge in [0.1, 0.15) is 5.82 Å². The SMILES string of the molecule is O=S(=O)(NC(c1cnc2ccccc2c1)C1CC(O)C1)c1cccc(F)c1. The molecule has 1 saturated carbocycles. The van der Waals surface area contributed by atoms with Crippen molar-refractivity contribution in [1.82, 2.24) is 9.71 Å². The van der Waals surface area contributed by atoms with E-state index in [1.165, 1.54) is 18.2 Å². The topological polar surface area (TPSA) is 79.3 Å². The van der Waals surface area contributed by atoms with E-state index in [2.05, 4.69) is 9.71 Å². The summed E-state index contributed by atoms with van der Waals surface area (Å²) < 4.78 is 41.8. The van der Waals surface area contributed by atoms with E-state index in [1.54, 1.807) is 6.20 Å². The van der Waals surface area contributed by atoms with Gasteiger partial charge in [0.15, 0.2) is 0 Å². The van der Waals surface area contributed by atoms with Gasteiger partial charge in [-0.05, 0) is 54.7 Å². The minimum atomic E-state index is -3.92. The summed E-state index contributed by atoms with van der Waals surface area (Å²) in [4.78, 5) is 4.30. The number of fused-ring (bicyclic) bond motifs is 1. The lowest BCUT2D eigenvalue weighted by atomic mass is 9.75. The van der Waals surface area contributed by atoms with Gasteiger partial charge >= 0.3 is 0 Å².